The van der Waals surface area contributed by atoms with E-state index in [2.05, 4.69) is 14.7 Å². The molecule has 0 saturated heterocycles. The third-order valence-corrected chi connectivity index (χ3v) is 2.44. The maximum absolute atomic E-state index is 11.4. The zero-order valence-electron chi connectivity index (χ0n) is 9.15. The van der Waals surface area contributed by atoms with Gasteiger partial charge in [-0.15, -0.1) is 0 Å². The molecule has 2 aromatic rings. The molecule has 2 rings (SSSR count). The first-order valence-electron chi connectivity index (χ1n) is 4.90. The molecule has 0 aliphatic heterocycles. The van der Waals surface area contributed by atoms with Gasteiger partial charge in [0.25, 0.3) is 0 Å². The van der Waals surface area contributed by atoms with Crippen molar-refractivity contribution in [1.82, 2.24) is 9.97 Å². The zero-order valence-corrected chi connectivity index (χ0v) is 9.15. The van der Waals surface area contributed by atoms with Gasteiger partial charge in [-0.3, -0.25) is 0 Å². The van der Waals surface area contributed by atoms with Gasteiger partial charge in [0.1, 0.15) is 0 Å². The predicted octanol–water partition coefficient (Wildman–Crippen LogP) is 2.17. The van der Waals surface area contributed by atoms with Crippen LogP contribution in [0.1, 0.15) is 15.9 Å². The lowest BCUT2D eigenvalue weighted by atomic mass is 10.0. The molecule has 1 N–H and O–H groups in total. The molecule has 4 heteroatoms. The van der Waals surface area contributed by atoms with Gasteiger partial charge < -0.3 is 9.72 Å². The van der Waals surface area contributed by atoms with Gasteiger partial charge >= 0.3 is 5.97 Å². The number of aromatic nitrogens is 2. The number of benzene rings is 1. The van der Waals surface area contributed by atoms with Gasteiger partial charge in [0.05, 0.1) is 30.9 Å². The predicted molar refractivity (Wildman–Crippen MR) is 60.1 cm³/mol. The van der Waals surface area contributed by atoms with E-state index in [1.807, 2.05) is 19.1 Å². The number of aromatic amines is 1. The van der Waals surface area contributed by atoms with Crippen molar-refractivity contribution < 1.29 is 9.53 Å². The van der Waals surface area contributed by atoms with Crippen molar-refractivity contribution in [3.63, 3.8) is 0 Å². The quantitative estimate of drug-likeness (QED) is 0.783. The molecule has 0 fully saturated rings. The van der Waals surface area contributed by atoms with Crippen LogP contribution in [-0.4, -0.2) is 23.0 Å². The van der Waals surface area contributed by atoms with Gasteiger partial charge in [0.2, 0.25) is 0 Å². The van der Waals surface area contributed by atoms with Crippen LogP contribution in [-0.2, 0) is 4.74 Å². The number of nitrogens with one attached hydrogen (secondary N) is 1. The molecule has 1 aromatic carbocycles. The summed E-state index contributed by atoms with van der Waals surface area (Å²) in [6, 6.07) is 5.56. The number of aryl methyl sites for hydroxylation is 1. The molecular weight excluding hydrogens is 204 g/mol. The standard InChI is InChI=1S/C12H12N2O2/c1-8-5-9(11-6-13-7-14-11)3-4-10(8)12(15)16-2/h3-7H,1-2H3,(H,13,14). The summed E-state index contributed by atoms with van der Waals surface area (Å²) in [6.07, 6.45) is 3.37. The number of hydrogen-bond acceptors (Lipinski definition) is 3. The molecule has 0 aliphatic carbocycles. The molecular formula is C12H12N2O2. The van der Waals surface area contributed by atoms with Crippen LogP contribution in [0, 0.1) is 6.92 Å². The number of ether oxygens (including phenoxy) is 1. The monoisotopic (exact) mass is 216 g/mol. The first-order chi connectivity index (χ1) is 7.72. The highest BCUT2D eigenvalue weighted by Crippen LogP contribution is 2.20. The van der Waals surface area contributed by atoms with Gasteiger partial charge in [-0.05, 0) is 30.2 Å². The van der Waals surface area contributed by atoms with Crippen LogP contribution in [0.4, 0.5) is 0 Å². The fourth-order valence-corrected chi connectivity index (χ4v) is 1.58. The van der Waals surface area contributed by atoms with Gasteiger partial charge in [0, 0.05) is 0 Å². The summed E-state index contributed by atoms with van der Waals surface area (Å²) in [5, 5.41) is 0. The van der Waals surface area contributed by atoms with Crippen molar-refractivity contribution in [2.45, 2.75) is 6.92 Å². The topological polar surface area (TPSA) is 55.0 Å². The number of nitrogens with zero attached hydrogens (tertiary/aromatic N) is 1. The van der Waals surface area contributed by atoms with Gasteiger partial charge in [-0.2, -0.15) is 0 Å². The molecule has 82 valence electrons. The number of carbonyl (C=O) groups is 1. The fraction of sp³-hybridized carbons (Fsp3) is 0.167. The molecule has 1 aromatic heterocycles. The summed E-state index contributed by atoms with van der Waals surface area (Å²) in [5.74, 6) is -0.311. The fourth-order valence-electron chi connectivity index (χ4n) is 1.58. The molecule has 0 bridgehead atoms. The van der Waals surface area contributed by atoms with E-state index in [-0.39, 0.29) is 5.97 Å². The SMILES string of the molecule is COC(=O)c1ccc(-c2cnc[nH]2)cc1C. The van der Waals surface area contributed by atoms with Crippen LogP contribution in [0.5, 0.6) is 0 Å². The molecule has 0 aliphatic rings. The number of esters is 1. The van der Waals surface area contributed by atoms with E-state index in [0.29, 0.717) is 5.56 Å². The number of hydrogen-bond donors (Lipinski definition) is 1. The highest BCUT2D eigenvalue weighted by Gasteiger charge is 2.10. The van der Waals surface area contributed by atoms with Crippen LogP contribution in [0.25, 0.3) is 11.3 Å². The summed E-state index contributed by atoms with van der Waals surface area (Å²) >= 11 is 0. The Morgan fingerprint density at radius 2 is 2.25 bits per heavy atom. The third kappa shape index (κ3) is 1.82. The number of imidazole rings is 1. The number of methoxy groups -OCH3 is 1. The van der Waals surface area contributed by atoms with Crippen LogP contribution < -0.4 is 0 Å². The number of carbonyl (C=O) groups excluding carboxylic acids is 1. The van der Waals surface area contributed by atoms with E-state index in [4.69, 9.17) is 0 Å². The van der Waals surface area contributed by atoms with Crippen LogP contribution in [0.15, 0.2) is 30.7 Å². The summed E-state index contributed by atoms with van der Waals surface area (Å²) in [6.45, 7) is 1.88. The molecule has 0 saturated carbocycles. The Kier molecular flexibility index (Phi) is 2.72. The van der Waals surface area contributed by atoms with E-state index >= 15 is 0 Å². The first-order valence-corrected chi connectivity index (χ1v) is 4.90. The van der Waals surface area contributed by atoms with E-state index in [1.165, 1.54) is 7.11 Å². The average Bonchev–Trinajstić information content (AvgIpc) is 2.81. The van der Waals surface area contributed by atoms with E-state index < -0.39 is 0 Å². The second kappa shape index (κ2) is 4.18. The van der Waals surface area contributed by atoms with Crippen molar-refractivity contribution in [3.05, 3.63) is 41.9 Å². The highest BCUT2D eigenvalue weighted by atomic mass is 16.5. The van der Waals surface area contributed by atoms with E-state index in [9.17, 15) is 4.79 Å². The second-order valence-corrected chi connectivity index (χ2v) is 3.49. The minimum absolute atomic E-state index is 0.311. The Hall–Kier alpha value is -2.10. The molecule has 0 atom stereocenters. The summed E-state index contributed by atoms with van der Waals surface area (Å²) in [5.41, 5.74) is 3.41. The van der Waals surface area contributed by atoms with Crippen molar-refractivity contribution in [1.29, 1.82) is 0 Å². The molecule has 0 amide bonds. The Balaban J connectivity index is 2.41. The lowest BCUT2D eigenvalue weighted by Crippen LogP contribution is -2.03. The van der Waals surface area contributed by atoms with Crippen LogP contribution in [0.3, 0.4) is 0 Å². The van der Waals surface area contributed by atoms with Crippen molar-refractivity contribution in [2.24, 2.45) is 0 Å². The average molecular weight is 216 g/mol. The van der Waals surface area contributed by atoms with E-state index in [1.54, 1.807) is 18.6 Å². The molecule has 0 unspecified atom stereocenters. The van der Waals surface area contributed by atoms with Gasteiger partial charge in [-0.25, -0.2) is 9.78 Å². The highest BCUT2D eigenvalue weighted by molar-refractivity contribution is 5.91. The normalized spacial score (nSPS) is 10.1. The number of H-pyrrole nitrogens is 1. The van der Waals surface area contributed by atoms with Gasteiger partial charge in [-0.1, -0.05) is 6.07 Å². The van der Waals surface area contributed by atoms with Crippen molar-refractivity contribution in [3.8, 4) is 11.3 Å². The zero-order chi connectivity index (χ0) is 11.5. The van der Waals surface area contributed by atoms with E-state index in [0.717, 1.165) is 16.8 Å². The molecule has 0 spiro atoms. The Labute approximate surface area is 93.3 Å². The Bertz CT molecular complexity index is 504. The van der Waals surface area contributed by atoms with Crippen molar-refractivity contribution in [2.75, 3.05) is 7.11 Å². The summed E-state index contributed by atoms with van der Waals surface area (Å²) in [7, 11) is 1.38. The lowest BCUT2D eigenvalue weighted by Gasteiger charge is -2.05. The maximum atomic E-state index is 11.4. The summed E-state index contributed by atoms with van der Waals surface area (Å²) < 4.78 is 4.69. The molecule has 1 heterocycles. The largest absolute Gasteiger partial charge is 0.465 e. The van der Waals surface area contributed by atoms with Crippen molar-refractivity contribution >= 4 is 5.97 Å². The van der Waals surface area contributed by atoms with Crippen LogP contribution >= 0.6 is 0 Å². The Morgan fingerprint density at radius 1 is 1.44 bits per heavy atom. The molecule has 16 heavy (non-hydrogen) atoms. The smallest absolute Gasteiger partial charge is 0.338 e. The molecule has 0 radical (unpaired) electrons. The van der Waals surface area contributed by atoms with Gasteiger partial charge in [0.15, 0.2) is 0 Å². The minimum Gasteiger partial charge on any atom is -0.465 e. The first kappa shape index (κ1) is 10.4. The lowest BCUT2D eigenvalue weighted by molar-refractivity contribution is 0.0600. The number of rotatable bonds is 2. The third-order valence-electron chi connectivity index (χ3n) is 2.44. The van der Waals surface area contributed by atoms with Crippen LogP contribution in [0.2, 0.25) is 0 Å². The maximum Gasteiger partial charge on any atom is 0.338 e. The molecule has 4 nitrogen and oxygen atoms in total. The Morgan fingerprint density at radius 3 is 2.81 bits per heavy atom. The summed E-state index contributed by atoms with van der Waals surface area (Å²) in [4.78, 5) is 18.4. The minimum atomic E-state index is -0.311. The second-order valence-electron chi connectivity index (χ2n) is 3.49.